The van der Waals surface area contributed by atoms with Crippen molar-refractivity contribution in [1.29, 1.82) is 0 Å². The zero-order chi connectivity index (χ0) is 57.1. The van der Waals surface area contributed by atoms with Crippen LogP contribution in [0.1, 0.15) is 342 Å². The summed E-state index contributed by atoms with van der Waals surface area (Å²) in [7, 11) is 0. The lowest BCUT2D eigenvalue weighted by atomic mass is 10.0. The Morgan fingerprint density at radius 1 is 0.266 bits per heavy atom. The number of carbonyl (C=O) groups is 3. The molecule has 0 N–H and O–H groups in total. The van der Waals surface area contributed by atoms with Crippen molar-refractivity contribution < 1.29 is 28.6 Å². The van der Waals surface area contributed by atoms with Crippen molar-refractivity contribution in [3.63, 3.8) is 0 Å². The van der Waals surface area contributed by atoms with Crippen LogP contribution in [0, 0.1) is 0 Å². The van der Waals surface area contributed by atoms with Gasteiger partial charge >= 0.3 is 17.9 Å². The van der Waals surface area contributed by atoms with Crippen molar-refractivity contribution in [2.24, 2.45) is 0 Å². The fraction of sp³-hybridized carbons (Fsp3) is 0.767. The minimum atomic E-state index is -0.776. The summed E-state index contributed by atoms with van der Waals surface area (Å²) < 4.78 is 16.9. The fourth-order valence-electron chi connectivity index (χ4n) is 9.84. The monoisotopic (exact) mass is 1100 g/mol. The van der Waals surface area contributed by atoms with Gasteiger partial charge in [-0.15, -0.1) is 0 Å². The molecule has 0 spiro atoms. The number of esters is 3. The van der Waals surface area contributed by atoms with Crippen LogP contribution in [0.3, 0.4) is 0 Å². The van der Waals surface area contributed by atoms with Crippen LogP contribution in [-0.4, -0.2) is 37.2 Å². The van der Waals surface area contributed by atoms with Crippen LogP contribution >= 0.6 is 0 Å². The van der Waals surface area contributed by atoms with E-state index in [4.69, 9.17) is 14.2 Å². The molecule has 6 heteroatoms. The molecule has 0 saturated heterocycles. The predicted molar refractivity (Wildman–Crippen MR) is 344 cm³/mol. The van der Waals surface area contributed by atoms with Crippen LogP contribution in [0.5, 0.6) is 0 Å². The van der Waals surface area contributed by atoms with Gasteiger partial charge in [0.25, 0.3) is 0 Å². The highest BCUT2D eigenvalue weighted by Crippen LogP contribution is 2.17. The van der Waals surface area contributed by atoms with Gasteiger partial charge in [-0.1, -0.05) is 331 Å². The summed E-state index contributed by atoms with van der Waals surface area (Å²) >= 11 is 0. The summed E-state index contributed by atoms with van der Waals surface area (Å²) in [5.74, 6) is -0.861. The SMILES string of the molecule is CC/C=C\C/C=C\C/C=C\C/C=C\C/C=C\C/C=C\C/C=C\CCCCCCCCCCCC(=O)OCC(COC(=O)CCCCCCCCCCCCC)OC(=O)CCCCCCCCCCCCCCCCCCCCC. The standard InChI is InChI=1S/C73H128O6/c1-4-7-10-13-16-19-22-24-26-28-30-31-32-33-34-35-36-37-38-39-40-41-43-44-46-48-51-54-57-60-63-66-72(75)78-69-70(68-77-71(74)65-62-59-56-53-50-21-18-15-12-9-6-3)79-73(76)67-64-61-58-55-52-49-47-45-42-29-27-25-23-20-17-14-11-8-5-2/h7,10,16,19,24,26,30-31,33-34,36-37,39-40,70H,4-6,8-9,11-15,17-18,20-23,25,27-29,32,35,38,41-69H2,1-3H3/b10-7-,19-16-,26-24-,31-30-,34-33-,37-36-,40-39-. The Morgan fingerprint density at radius 3 is 0.772 bits per heavy atom. The Bertz CT molecular complexity index is 1500. The lowest BCUT2D eigenvalue weighted by molar-refractivity contribution is -0.167. The number of hydrogen-bond acceptors (Lipinski definition) is 6. The highest BCUT2D eigenvalue weighted by molar-refractivity contribution is 5.71. The molecule has 79 heavy (non-hydrogen) atoms. The molecule has 0 fully saturated rings. The van der Waals surface area contributed by atoms with E-state index in [1.807, 2.05) is 0 Å². The highest BCUT2D eigenvalue weighted by Gasteiger charge is 2.19. The summed E-state index contributed by atoms with van der Waals surface area (Å²) in [5.41, 5.74) is 0. The lowest BCUT2D eigenvalue weighted by Crippen LogP contribution is -2.30. The molecule has 1 atom stereocenters. The average Bonchev–Trinajstić information content (AvgIpc) is 3.45. The zero-order valence-electron chi connectivity index (χ0n) is 52.4. The summed E-state index contributed by atoms with van der Waals surface area (Å²) in [5, 5.41) is 0. The van der Waals surface area contributed by atoms with Gasteiger partial charge in [0.05, 0.1) is 0 Å². The van der Waals surface area contributed by atoms with Crippen molar-refractivity contribution in [3.05, 3.63) is 85.1 Å². The predicted octanol–water partition coefficient (Wildman–Crippen LogP) is 23.4. The third kappa shape index (κ3) is 65.3. The molecule has 1 unspecified atom stereocenters. The van der Waals surface area contributed by atoms with Crippen LogP contribution in [-0.2, 0) is 28.6 Å². The first-order valence-corrected chi connectivity index (χ1v) is 34.1. The zero-order valence-corrected chi connectivity index (χ0v) is 52.4. The van der Waals surface area contributed by atoms with Crippen molar-refractivity contribution >= 4 is 17.9 Å². The summed E-state index contributed by atoms with van der Waals surface area (Å²) in [6.07, 6.45) is 88.9. The van der Waals surface area contributed by atoms with E-state index in [0.717, 1.165) is 109 Å². The van der Waals surface area contributed by atoms with Gasteiger partial charge in [0.1, 0.15) is 13.2 Å². The molecule has 456 valence electrons. The van der Waals surface area contributed by atoms with E-state index in [0.29, 0.717) is 19.3 Å². The molecule has 0 aromatic carbocycles. The molecule has 0 aromatic heterocycles. The minimum Gasteiger partial charge on any atom is -0.462 e. The highest BCUT2D eigenvalue weighted by atomic mass is 16.6. The fourth-order valence-corrected chi connectivity index (χ4v) is 9.84. The second kappa shape index (κ2) is 67.1. The maximum absolute atomic E-state index is 12.9. The van der Waals surface area contributed by atoms with Crippen LogP contribution in [0.2, 0.25) is 0 Å². The minimum absolute atomic E-state index is 0.0726. The number of carbonyl (C=O) groups excluding carboxylic acids is 3. The maximum Gasteiger partial charge on any atom is 0.306 e. The molecule has 0 aromatic rings. The van der Waals surface area contributed by atoms with E-state index >= 15 is 0 Å². The first-order chi connectivity index (χ1) is 39.0. The third-order valence-electron chi connectivity index (χ3n) is 14.9. The van der Waals surface area contributed by atoms with Crippen LogP contribution in [0.15, 0.2) is 85.1 Å². The van der Waals surface area contributed by atoms with E-state index in [9.17, 15) is 14.4 Å². The number of rotatable bonds is 62. The van der Waals surface area contributed by atoms with Crippen molar-refractivity contribution in [1.82, 2.24) is 0 Å². The lowest BCUT2D eigenvalue weighted by Gasteiger charge is -2.18. The topological polar surface area (TPSA) is 78.9 Å². The van der Waals surface area contributed by atoms with E-state index in [2.05, 4.69) is 106 Å². The largest absolute Gasteiger partial charge is 0.462 e. The van der Waals surface area contributed by atoms with Crippen LogP contribution in [0.25, 0.3) is 0 Å². The summed E-state index contributed by atoms with van der Waals surface area (Å²) in [6.45, 7) is 6.56. The van der Waals surface area contributed by atoms with Gasteiger partial charge in [-0.3, -0.25) is 14.4 Å². The molecule has 0 bridgehead atoms. The van der Waals surface area contributed by atoms with Gasteiger partial charge in [0.15, 0.2) is 6.10 Å². The second-order valence-electron chi connectivity index (χ2n) is 22.7. The van der Waals surface area contributed by atoms with Gasteiger partial charge in [-0.25, -0.2) is 0 Å². The molecule has 0 aliphatic carbocycles. The van der Waals surface area contributed by atoms with Gasteiger partial charge < -0.3 is 14.2 Å². The Kier molecular flexibility index (Phi) is 64.2. The number of allylic oxidation sites excluding steroid dienone is 14. The number of hydrogen-bond donors (Lipinski definition) is 0. The van der Waals surface area contributed by atoms with Crippen molar-refractivity contribution in [2.45, 2.75) is 348 Å². The molecule has 0 rings (SSSR count). The van der Waals surface area contributed by atoms with Gasteiger partial charge in [0, 0.05) is 19.3 Å². The molecule has 6 nitrogen and oxygen atoms in total. The molecule has 0 heterocycles. The Balaban J connectivity index is 4.22. The molecule has 0 aliphatic rings. The first kappa shape index (κ1) is 75.6. The molecule has 0 aliphatic heterocycles. The molecule has 0 saturated carbocycles. The van der Waals surface area contributed by atoms with E-state index in [-0.39, 0.29) is 31.1 Å². The van der Waals surface area contributed by atoms with Crippen molar-refractivity contribution in [2.75, 3.05) is 13.2 Å². The Hall–Kier alpha value is -3.41. The Morgan fingerprint density at radius 2 is 0.494 bits per heavy atom. The first-order valence-electron chi connectivity index (χ1n) is 34.1. The molecule has 0 radical (unpaired) electrons. The normalized spacial score (nSPS) is 12.6. The second-order valence-corrected chi connectivity index (χ2v) is 22.7. The van der Waals surface area contributed by atoms with E-state index < -0.39 is 6.10 Å². The van der Waals surface area contributed by atoms with Gasteiger partial charge in [-0.2, -0.15) is 0 Å². The van der Waals surface area contributed by atoms with E-state index in [1.165, 1.54) is 193 Å². The van der Waals surface area contributed by atoms with Crippen LogP contribution < -0.4 is 0 Å². The summed E-state index contributed by atoms with van der Waals surface area (Å²) in [6, 6.07) is 0. The van der Waals surface area contributed by atoms with Crippen LogP contribution in [0.4, 0.5) is 0 Å². The maximum atomic E-state index is 12.9. The van der Waals surface area contributed by atoms with Gasteiger partial charge in [-0.05, 0) is 77.0 Å². The molecule has 0 amide bonds. The smallest absolute Gasteiger partial charge is 0.306 e. The number of ether oxygens (including phenoxy) is 3. The quantitative estimate of drug-likeness (QED) is 0.0261. The third-order valence-corrected chi connectivity index (χ3v) is 14.9. The average molecular weight is 1100 g/mol. The molecular weight excluding hydrogens is 973 g/mol. The van der Waals surface area contributed by atoms with Gasteiger partial charge in [0.2, 0.25) is 0 Å². The number of unbranched alkanes of at least 4 members (excludes halogenated alkanes) is 37. The molecular formula is C73H128O6. The van der Waals surface area contributed by atoms with E-state index in [1.54, 1.807) is 0 Å². The van der Waals surface area contributed by atoms with Crippen molar-refractivity contribution in [3.8, 4) is 0 Å². The Labute approximate surface area is 490 Å². The summed E-state index contributed by atoms with van der Waals surface area (Å²) in [4.78, 5) is 38.3.